The third-order valence-corrected chi connectivity index (χ3v) is 2.21. The van der Waals surface area contributed by atoms with Crippen molar-refractivity contribution in [3.05, 3.63) is 23.7 Å². The smallest absolute Gasteiger partial charge is 0.411 e. The molecule has 0 amide bonds. The van der Waals surface area contributed by atoms with Gasteiger partial charge in [-0.3, -0.25) is 0 Å². The number of nitrogens with one attached hydrogen (secondary N) is 1. The topological polar surface area (TPSA) is 43.6 Å². The summed E-state index contributed by atoms with van der Waals surface area (Å²) in [6.07, 6.45) is -4.32. The van der Waals surface area contributed by atoms with Gasteiger partial charge in [-0.25, -0.2) is 0 Å². The first-order chi connectivity index (χ1) is 8.46. The molecule has 1 atom stereocenters. The zero-order chi connectivity index (χ0) is 13.6. The van der Waals surface area contributed by atoms with Gasteiger partial charge in [0, 0.05) is 7.11 Å². The Bertz CT molecular complexity index is 352. The van der Waals surface area contributed by atoms with Gasteiger partial charge in [0.15, 0.2) is 0 Å². The van der Waals surface area contributed by atoms with Crippen LogP contribution in [0.15, 0.2) is 16.5 Å². The SMILES string of the molecule is CNC(COCC(F)(F)F)c1ccc(COC)o1. The van der Waals surface area contributed by atoms with Crippen molar-refractivity contribution < 1.29 is 27.1 Å². The lowest BCUT2D eigenvalue weighted by Crippen LogP contribution is -2.25. The summed E-state index contributed by atoms with van der Waals surface area (Å²) in [5, 5.41) is 2.83. The van der Waals surface area contributed by atoms with Crippen molar-refractivity contribution in [3.8, 4) is 0 Å². The maximum Gasteiger partial charge on any atom is 0.411 e. The third kappa shape index (κ3) is 5.07. The van der Waals surface area contributed by atoms with Crippen LogP contribution in [0.3, 0.4) is 0 Å². The molecule has 1 aromatic heterocycles. The third-order valence-electron chi connectivity index (χ3n) is 2.21. The summed E-state index contributed by atoms with van der Waals surface area (Å²) in [6.45, 7) is -1.06. The molecule has 104 valence electrons. The Morgan fingerprint density at radius 1 is 1.39 bits per heavy atom. The van der Waals surface area contributed by atoms with Gasteiger partial charge in [0.25, 0.3) is 0 Å². The van der Waals surface area contributed by atoms with E-state index in [1.54, 1.807) is 19.2 Å². The zero-order valence-electron chi connectivity index (χ0n) is 10.2. The average molecular weight is 267 g/mol. The highest BCUT2D eigenvalue weighted by Crippen LogP contribution is 2.19. The molecule has 0 spiro atoms. The number of hydrogen-bond acceptors (Lipinski definition) is 4. The molecule has 0 radical (unpaired) electrons. The van der Waals surface area contributed by atoms with Gasteiger partial charge >= 0.3 is 6.18 Å². The van der Waals surface area contributed by atoms with Crippen molar-refractivity contribution in [3.63, 3.8) is 0 Å². The first kappa shape index (κ1) is 15.0. The van der Waals surface area contributed by atoms with E-state index in [1.165, 1.54) is 7.11 Å². The molecule has 0 aliphatic carbocycles. The monoisotopic (exact) mass is 267 g/mol. The lowest BCUT2D eigenvalue weighted by Gasteiger charge is -2.15. The second kappa shape index (κ2) is 6.77. The van der Waals surface area contributed by atoms with Gasteiger partial charge in [0.05, 0.1) is 12.6 Å². The molecule has 7 heteroatoms. The largest absolute Gasteiger partial charge is 0.462 e. The fourth-order valence-corrected chi connectivity index (χ4v) is 1.40. The van der Waals surface area contributed by atoms with E-state index in [9.17, 15) is 13.2 Å². The van der Waals surface area contributed by atoms with Gasteiger partial charge in [-0.05, 0) is 19.2 Å². The van der Waals surface area contributed by atoms with Crippen LogP contribution in [0, 0.1) is 0 Å². The Morgan fingerprint density at radius 3 is 2.67 bits per heavy atom. The fourth-order valence-electron chi connectivity index (χ4n) is 1.40. The number of alkyl halides is 3. The van der Waals surface area contributed by atoms with Crippen molar-refractivity contribution in [2.45, 2.75) is 18.8 Å². The second-order valence-electron chi connectivity index (χ2n) is 3.71. The minimum atomic E-state index is -4.32. The van der Waals surface area contributed by atoms with Gasteiger partial charge in [-0.15, -0.1) is 0 Å². The summed E-state index contributed by atoms with van der Waals surface area (Å²) in [7, 11) is 3.16. The normalized spacial score (nSPS) is 13.8. The molecule has 0 saturated carbocycles. The van der Waals surface area contributed by atoms with E-state index in [-0.39, 0.29) is 6.61 Å². The van der Waals surface area contributed by atoms with E-state index in [1.807, 2.05) is 0 Å². The van der Waals surface area contributed by atoms with Crippen LogP contribution in [0.4, 0.5) is 13.2 Å². The molecule has 18 heavy (non-hydrogen) atoms. The lowest BCUT2D eigenvalue weighted by molar-refractivity contribution is -0.175. The van der Waals surface area contributed by atoms with Crippen LogP contribution in [0.2, 0.25) is 0 Å². The number of halogens is 3. The lowest BCUT2D eigenvalue weighted by atomic mass is 10.2. The number of furan rings is 1. The maximum atomic E-state index is 11.9. The summed E-state index contributed by atoms with van der Waals surface area (Å²) in [6, 6.07) is 2.98. The van der Waals surface area contributed by atoms with Crippen molar-refractivity contribution in [2.24, 2.45) is 0 Å². The zero-order valence-corrected chi connectivity index (χ0v) is 10.2. The second-order valence-corrected chi connectivity index (χ2v) is 3.71. The molecule has 4 nitrogen and oxygen atoms in total. The Kier molecular flexibility index (Phi) is 5.64. The van der Waals surface area contributed by atoms with Gasteiger partial charge < -0.3 is 19.2 Å². The van der Waals surface area contributed by atoms with Crippen molar-refractivity contribution >= 4 is 0 Å². The first-order valence-electron chi connectivity index (χ1n) is 5.35. The van der Waals surface area contributed by atoms with Crippen LogP contribution >= 0.6 is 0 Å². The Labute approximate surface area is 103 Å². The number of methoxy groups -OCH3 is 1. The summed E-state index contributed by atoms with van der Waals surface area (Å²) in [4.78, 5) is 0. The molecule has 1 heterocycles. The molecule has 0 bridgehead atoms. The van der Waals surface area contributed by atoms with Crippen LogP contribution in [0.1, 0.15) is 17.6 Å². The van der Waals surface area contributed by atoms with Gasteiger partial charge in [-0.2, -0.15) is 13.2 Å². The number of likely N-dealkylation sites (N-methyl/N-ethyl adjacent to an activating group) is 1. The molecule has 1 unspecified atom stereocenters. The van der Waals surface area contributed by atoms with Gasteiger partial charge in [-0.1, -0.05) is 0 Å². The summed E-state index contributed by atoms with van der Waals surface area (Å²) in [5.41, 5.74) is 0. The standard InChI is InChI=1S/C11H16F3NO3/c1-15-9(6-17-7-11(12,13)14)10-4-3-8(18-10)5-16-2/h3-4,9,15H,5-7H2,1-2H3. The van der Waals surface area contributed by atoms with Crippen molar-refractivity contribution in [2.75, 3.05) is 27.4 Å². The highest BCUT2D eigenvalue weighted by molar-refractivity contribution is 5.10. The molecule has 0 fully saturated rings. The molecule has 1 aromatic rings. The predicted octanol–water partition coefficient (Wildman–Crippen LogP) is 2.27. The van der Waals surface area contributed by atoms with Crippen molar-refractivity contribution in [1.82, 2.24) is 5.32 Å². The fraction of sp³-hybridized carbons (Fsp3) is 0.636. The summed E-state index contributed by atoms with van der Waals surface area (Å²) < 4.78 is 50.7. The van der Waals surface area contributed by atoms with Gasteiger partial charge in [0.2, 0.25) is 0 Å². The molecule has 0 saturated heterocycles. The number of hydrogen-bond donors (Lipinski definition) is 1. The molecule has 0 aromatic carbocycles. The maximum absolute atomic E-state index is 11.9. The number of ether oxygens (including phenoxy) is 2. The Balaban J connectivity index is 2.49. The van der Waals surface area contributed by atoms with Crippen LogP contribution in [0.5, 0.6) is 0 Å². The van der Waals surface area contributed by atoms with Crippen LogP contribution in [-0.4, -0.2) is 33.5 Å². The van der Waals surface area contributed by atoms with E-state index < -0.39 is 18.8 Å². The van der Waals surface area contributed by atoms with Crippen molar-refractivity contribution in [1.29, 1.82) is 0 Å². The quantitative estimate of drug-likeness (QED) is 0.823. The Morgan fingerprint density at radius 2 is 2.11 bits per heavy atom. The Hall–Kier alpha value is -1.05. The minimum absolute atomic E-state index is 0.115. The predicted molar refractivity (Wildman–Crippen MR) is 58.1 cm³/mol. The highest BCUT2D eigenvalue weighted by Gasteiger charge is 2.28. The van der Waals surface area contributed by atoms with E-state index in [0.29, 0.717) is 18.1 Å². The van der Waals surface area contributed by atoms with E-state index >= 15 is 0 Å². The van der Waals surface area contributed by atoms with Gasteiger partial charge in [0.1, 0.15) is 24.7 Å². The highest BCUT2D eigenvalue weighted by atomic mass is 19.4. The average Bonchev–Trinajstić information content (AvgIpc) is 2.72. The summed E-state index contributed by atoms with van der Waals surface area (Å²) >= 11 is 0. The minimum Gasteiger partial charge on any atom is -0.462 e. The molecular formula is C11H16F3NO3. The van der Waals surface area contributed by atoms with E-state index in [4.69, 9.17) is 9.15 Å². The molecule has 0 aliphatic heterocycles. The molecule has 0 aliphatic rings. The first-order valence-corrected chi connectivity index (χ1v) is 5.35. The molecule has 1 N–H and O–H groups in total. The van der Waals surface area contributed by atoms with E-state index in [0.717, 1.165) is 0 Å². The molecule has 1 rings (SSSR count). The van der Waals surface area contributed by atoms with Crippen LogP contribution in [0.25, 0.3) is 0 Å². The van der Waals surface area contributed by atoms with Crippen LogP contribution in [-0.2, 0) is 16.1 Å². The van der Waals surface area contributed by atoms with E-state index in [2.05, 4.69) is 10.1 Å². The number of rotatable bonds is 7. The summed E-state index contributed by atoms with van der Waals surface area (Å²) in [5.74, 6) is 1.13. The van der Waals surface area contributed by atoms with Crippen LogP contribution < -0.4 is 5.32 Å². The molecular weight excluding hydrogens is 251 g/mol.